The largest absolute Gasteiger partial charge is 0.348 e. The van der Waals surface area contributed by atoms with Gasteiger partial charge in [0.25, 0.3) is 5.91 Å². The van der Waals surface area contributed by atoms with Gasteiger partial charge in [0.15, 0.2) is 0 Å². The highest BCUT2D eigenvalue weighted by Crippen LogP contribution is 2.15. The normalized spacial score (nSPS) is 12.2. The summed E-state index contributed by atoms with van der Waals surface area (Å²) in [5.41, 5.74) is 2.72. The minimum atomic E-state index is -0.0794. The predicted molar refractivity (Wildman–Crippen MR) is 100 cm³/mol. The van der Waals surface area contributed by atoms with E-state index in [0.717, 1.165) is 12.2 Å². The minimum absolute atomic E-state index is 0.0100. The van der Waals surface area contributed by atoms with Crippen LogP contribution < -0.4 is 5.32 Å². The molecule has 0 spiro atoms. The molecular weight excluding hydrogens is 326 g/mol. The number of para-hydroxylation sites is 1. The zero-order chi connectivity index (χ0) is 17.9. The molecule has 0 aliphatic rings. The summed E-state index contributed by atoms with van der Waals surface area (Å²) in [6.07, 6.45) is 5.30. The van der Waals surface area contributed by atoms with E-state index in [1.807, 2.05) is 43.3 Å². The third kappa shape index (κ3) is 3.21. The van der Waals surface area contributed by atoms with Crippen molar-refractivity contribution in [3.63, 3.8) is 0 Å². The van der Waals surface area contributed by atoms with Crippen LogP contribution in [0.4, 0.5) is 0 Å². The fourth-order valence-corrected chi connectivity index (χ4v) is 3.07. The molecule has 6 heteroatoms. The van der Waals surface area contributed by atoms with Gasteiger partial charge in [-0.3, -0.25) is 9.36 Å². The molecule has 6 nitrogen and oxygen atoms in total. The van der Waals surface area contributed by atoms with E-state index in [9.17, 15) is 4.79 Å². The molecule has 2 aromatic carbocycles. The van der Waals surface area contributed by atoms with Crippen LogP contribution in [0.15, 0.2) is 73.4 Å². The first-order valence-corrected chi connectivity index (χ1v) is 8.50. The number of hydrogen-bond donors (Lipinski definition) is 1. The molecule has 0 aliphatic heterocycles. The smallest absolute Gasteiger partial charge is 0.251 e. The van der Waals surface area contributed by atoms with Crippen LogP contribution >= 0.6 is 0 Å². The summed E-state index contributed by atoms with van der Waals surface area (Å²) in [6.45, 7) is 2.73. The summed E-state index contributed by atoms with van der Waals surface area (Å²) in [4.78, 5) is 12.5. The van der Waals surface area contributed by atoms with E-state index in [2.05, 4.69) is 44.5 Å². The lowest BCUT2D eigenvalue weighted by Crippen LogP contribution is -2.35. The Kier molecular flexibility index (Phi) is 4.23. The summed E-state index contributed by atoms with van der Waals surface area (Å²) in [6, 6.07) is 17.7. The highest BCUT2D eigenvalue weighted by molar-refractivity contribution is 5.94. The van der Waals surface area contributed by atoms with E-state index in [-0.39, 0.29) is 11.9 Å². The molecule has 0 bridgehead atoms. The standard InChI is InChI=1S/C20H19N5O/c1-15(12-24-11-10-16-4-2-3-5-19(16)24)23-20(26)17-6-8-18(9-7-17)25-13-21-22-14-25/h2-11,13-15H,12H2,1H3,(H,23,26). The van der Waals surface area contributed by atoms with Crippen molar-refractivity contribution in [3.8, 4) is 5.69 Å². The van der Waals surface area contributed by atoms with Crippen LogP contribution in [0.25, 0.3) is 16.6 Å². The number of rotatable bonds is 5. The minimum Gasteiger partial charge on any atom is -0.348 e. The number of hydrogen-bond acceptors (Lipinski definition) is 3. The lowest BCUT2D eigenvalue weighted by atomic mass is 10.2. The molecule has 4 aromatic rings. The van der Waals surface area contributed by atoms with Gasteiger partial charge in [0, 0.05) is 35.6 Å². The van der Waals surface area contributed by atoms with Crippen molar-refractivity contribution in [2.75, 3.05) is 0 Å². The predicted octanol–water partition coefficient (Wildman–Crippen LogP) is 3.04. The summed E-state index contributed by atoms with van der Waals surface area (Å²) in [5, 5.41) is 11.8. The highest BCUT2D eigenvalue weighted by Gasteiger charge is 2.11. The number of nitrogens with zero attached hydrogens (tertiary/aromatic N) is 4. The molecule has 130 valence electrons. The maximum Gasteiger partial charge on any atom is 0.251 e. The Morgan fingerprint density at radius 3 is 2.54 bits per heavy atom. The number of nitrogens with one attached hydrogen (secondary N) is 1. The van der Waals surface area contributed by atoms with Gasteiger partial charge >= 0.3 is 0 Å². The topological polar surface area (TPSA) is 64.7 Å². The molecule has 26 heavy (non-hydrogen) atoms. The molecule has 1 amide bonds. The van der Waals surface area contributed by atoms with E-state index in [0.29, 0.717) is 5.56 Å². The summed E-state index contributed by atoms with van der Waals surface area (Å²) >= 11 is 0. The van der Waals surface area contributed by atoms with Gasteiger partial charge in [0.1, 0.15) is 12.7 Å². The van der Waals surface area contributed by atoms with Gasteiger partial charge in [-0.25, -0.2) is 0 Å². The molecule has 1 N–H and O–H groups in total. The van der Waals surface area contributed by atoms with Crippen LogP contribution in [0.5, 0.6) is 0 Å². The maximum atomic E-state index is 12.5. The maximum absolute atomic E-state index is 12.5. The lowest BCUT2D eigenvalue weighted by molar-refractivity contribution is 0.0937. The van der Waals surface area contributed by atoms with Crippen LogP contribution in [0.3, 0.4) is 0 Å². The Bertz CT molecular complexity index is 1020. The Hall–Kier alpha value is -3.41. The van der Waals surface area contributed by atoms with Crippen molar-refractivity contribution in [2.45, 2.75) is 19.5 Å². The summed E-state index contributed by atoms with van der Waals surface area (Å²) < 4.78 is 3.96. The van der Waals surface area contributed by atoms with Gasteiger partial charge < -0.3 is 9.88 Å². The summed E-state index contributed by atoms with van der Waals surface area (Å²) in [7, 11) is 0. The van der Waals surface area contributed by atoms with Gasteiger partial charge in [-0.1, -0.05) is 18.2 Å². The van der Waals surface area contributed by atoms with Crippen LogP contribution in [0.1, 0.15) is 17.3 Å². The van der Waals surface area contributed by atoms with Crippen molar-refractivity contribution in [3.05, 3.63) is 79.0 Å². The fourth-order valence-electron chi connectivity index (χ4n) is 3.07. The van der Waals surface area contributed by atoms with Crippen LogP contribution in [-0.4, -0.2) is 31.3 Å². The van der Waals surface area contributed by atoms with Crippen molar-refractivity contribution in [1.29, 1.82) is 0 Å². The molecular formula is C20H19N5O. The van der Waals surface area contributed by atoms with E-state index >= 15 is 0 Å². The molecule has 0 saturated heterocycles. The van der Waals surface area contributed by atoms with Gasteiger partial charge in [-0.2, -0.15) is 0 Å². The lowest BCUT2D eigenvalue weighted by Gasteiger charge is -2.16. The van der Waals surface area contributed by atoms with E-state index in [1.54, 1.807) is 17.2 Å². The number of carbonyl (C=O) groups is 1. The first-order chi connectivity index (χ1) is 12.7. The number of fused-ring (bicyclic) bond motifs is 1. The van der Waals surface area contributed by atoms with Crippen molar-refractivity contribution in [1.82, 2.24) is 24.6 Å². The van der Waals surface area contributed by atoms with Crippen molar-refractivity contribution < 1.29 is 4.79 Å². The van der Waals surface area contributed by atoms with Crippen LogP contribution in [-0.2, 0) is 6.54 Å². The SMILES string of the molecule is CC(Cn1ccc2ccccc21)NC(=O)c1ccc(-n2cnnc2)cc1. The molecule has 0 saturated carbocycles. The van der Waals surface area contributed by atoms with Crippen molar-refractivity contribution in [2.24, 2.45) is 0 Å². The van der Waals surface area contributed by atoms with E-state index < -0.39 is 0 Å². The van der Waals surface area contributed by atoms with Crippen LogP contribution in [0.2, 0.25) is 0 Å². The number of benzene rings is 2. The Morgan fingerprint density at radius 2 is 1.77 bits per heavy atom. The molecule has 4 rings (SSSR count). The molecule has 0 aliphatic carbocycles. The number of carbonyl (C=O) groups excluding carboxylic acids is 1. The molecule has 0 fully saturated rings. The second-order valence-electron chi connectivity index (χ2n) is 6.32. The highest BCUT2D eigenvalue weighted by atomic mass is 16.1. The van der Waals surface area contributed by atoms with Crippen LogP contribution in [0, 0.1) is 0 Å². The van der Waals surface area contributed by atoms with Gasteiger partial charge in [-0.15, -0.1) is 10.2 Å². The first-order valence-electron chi connectivity index (χ1n) is 8.50. The molecule has 2 aromatic heterocycles. The second kappa shape index (κ2) is 6.84. The Morgan fingerprint density at radius 1 is 1.04 bits per heavy atom. The molecule has 2 heterocycles. The Labute approximate surface area is 151 Å². The quantitative estimate of drug-likeness (QED) is 0.605. The molecule has 1 atom stereocenters. The van der Waals surface area contributed by atoms with Gasteiger partial charge in [-0.05, 0) is 48.7 Å². The monoisotopic (exact) mass is 345 g/mol. The van der Waals surface area contributed by atoms with Crippen molar-refractivity contribution >= 4 is 16.8 Å². The number of aromatic nitrogens is 4. The molecule has 1 unspecified atom stereocenters. The molecule has 0 radical (unpaired) electrons. The third-order valence-corrected chi connectivity index (χ3v) is 4.37. The van der Waals surface area contributed by atoms with Gasteiger partial charge in [0.2, 0.25) is 0 Å². The third-order valence-electron chi connectivity index (χ3n) is 4.37. The zero-order valence-corrected chi connectivity index (χ0v) is 14.4. The number of amides is 1. The second-order valence-corrected chi connectivity index (χ2v) is 6.32. The van der Waals surface area contributed by atoms with E-state index in [4.69, 9.17) is 0 Å². The average molecular weight is 345 g/mol. The average Bonchev–Trinajstić information content (AvgIpc) is 3.32. The van der Waals surface area contributed by atoms with Gasteiger partial charge in [0.05, 0.1) is 0 Å². The fraction of sp³-hybridized carbons (Fsp3) is 0.150. The first kappa shape index (κ1) is 16.1. The summed E-state index contributed by atoms with van der Waals surface area (Å²) in [5.74, 6) is -0.0794. The van der Waals surface area contributed by atoms with E-state index in [1.165, 1.54) is 10.9 Å². The Balaban J connectivity index is 1.42. The zero-order valence-electron chi connectivity index (χ0n) is 14.4.